The molecular weight excluding hydrogens is 400 g/mol. The van der Waals surface area contributed by atoms with Gasteiger partial charge >= 0.3 is 0 Å². The van der Waals surface area contributed by atoms with Crippen LogP contribution < -0.4 is 0 Å². The number of benzene rings is 1. The van der Waals surface area contributed by atoms with Gasteiger partial charge in [0.1, 0.15) is 6.26 Å². The second-order valence-corrected chi connectivity index (χ2v) is 11.9. The Kier molecular flexibility index (Phi) is 5.97. The van der Waals surface area contributed by atoms with Crippen molar-refractivity contribution in [3.8, 4) is 11.5 Å². The van der Waals surface area contributed by atoms with Crippen LogP contribution in [0.25, 0.3) is 11.5 Å². The first-order valence-corrected chi connectivity index (χ1v) is 13.0. The highest BCUT2D eigenvalue weighted by atomic mass is 32.2. The highest BCUT2D eigenvalue weighted by molar-refractivity contribution is 7.91. The van der Waals surface area contributed by atoms with E-state index in [0.717, 1.165) is 25.5 Å². The van der Waals surface area contributed by atoms with Gasteiger partial charge in [0.2, 0.25) is 5.89 Å². The smallest absolute Gasteiger partial charge is 0.226 e. The molecule has 1 heterocycles. The number of hydrogen-bond acceptors (Lipinski definition) is 7. The van der Waals surface area contributed by atoms with Gasteiger partial charge in [-0.1, -0.05) is 12.8 Å². The Morgan fingerprint density at radius 1 is 1.07 bits per heavy atom. The van der Waals surface area contributed by atoms with E-state index in [1.807, 2.05) is 11.9 Å². The van der Waals surface area contributed by atoms with Gasteiger partial charge < -0.3 is 4.42 Å². The first kappa shape index (κ1) is 21.0. The molecule has 1 aliphatic carbocycles. The van der Waals surface area contributed by atoms with Gasteiger partial charge in [-0.05, 0) is 44.2 Å². The summed E-state index contributed by atoms with van der Waals surface area (Å²) in [5, 5.41) is -0.346. The lowest BCUT2D eigenvalue weighted by molar-refractivity contribution is 0.185. The van der Waals surface area contributed by atoms with E-state index >= 15 is 0 Å². The van der Waals surface area contributed by atoms with Gasteiger partial charge in [-0.2, -0.15) is 0 Å². The lowest BCUT2D eigenvalue weighted by atomic mass is 9.94. The minimum absolute atomic E-state index is 0.0297. The van der Waals surface area contributed by atoms with Crippen LogP contribution in [0.15, 0.2) is 39.8 Å². The Morgan fingerprint density at radius 2 is 1.71 bits per heavy atom. The van der Waals surface area contributed by atoms with Gasteiger partial charge in [-0.25, -0.2) is 21.8 Å². The molecule has 0 amide bonds. The lowest BCUT2D eigenvalue weighted by Crippen LogP contribution is -2.46. The summed E-state index contributed by atoms with van der Waals surface area (Å²) in [4.78, 5) is 6.77. The van der Waals surface area contributed by atoms with Gasteiger partial charge in [0, 0.05) is 30.7 Å². The maximum atomic E-state index is 12.1. The topological polar surface area (TPSA) is 97.6 Å². The molecule has 0 spiro atoms. The number of nitrogens with zero attached hydrogens (tertiary/aromatic N) is 2. The van der Waals surface area contributed by atoms with Gasteiger partial charge in [0.15, 0.2) is 19.7 Å². The van der Waals surface area contributed by atoms with Crippen LogP contribution in [0.5, 0.6) is 0 Å². The molecule has 2 unspecified atom stereocenters. The van der Waals surface area contributed by atoms with Crippen molar-refractivity contribution in [2.24, 2.45) is 0 Å². The molecular formula is C19H26N2O5S2. The van der Waals surface area contributed by atoms with E-state index in [1.54, 1.807) is 18.4 Å². The molecule has 0 radical (unpaired) electrons. The molecule has 1 aromatic heterocycles. The first-order valence-electron chi connectivity index (χ1n) is 9.20. The molecule has 0 saturated heterocycles. The summed E-state index contributed by atoms with van der Waals surface area (Å²) in [7, 11) is -4.43. The molecule has 2 aromatic rings. The van der Waals surface area contributed by atoms with Gasteiger partial charge in [0.05, 0.1) is 15.8 Å². The van der Waals surface area contributed by atoms with Crippen LogP contribution in [0, 0.1) is 0 Å². The summed E-state index contributed by atoms with van der Waals surface area (Å²) in [6.07, 6.45) is 7.57. The third-order valence-corrected chi connectivity index (χ3v) is 8.05. The van der Waals surface area contributed by atoms with E-state index in [2.05, 4.69) is 4.98 Å². The molecule has 7 nitrogen and oxygen atoms in total. The average Bonchev–Trinajstić information content (AvgIpc) is 3.09. The van der Waals surface area contributed by atoms with Crippen LogP contribution in [0.2, 0.25) is 0 Å². The molecule has 1 aliphatic rings. The summed E-state index contributed by atoms with van der Waals surface area (Å²) in [6.45, 7) is 0.488. The Hall–Kier alpha value is -1.71. The molecule has 3 rings (SSSR count). The van der Waals surface area contributed by atoms with E-state index in [4.69, 9.17) is 4.42 Å². The molecule has 2 atom stereocenters. The summed E-state index contributed by atoms with van der Waals surface area (Å²) in [6, 6.07) is 6.35. The third-order valence-electron chi connectivity index (χ3n) is 5.28. The molecule has 1 fully saturated rings. The van der Waals surface area contributed by atoms with Crippen LogP contribution in [0.4, 0.5) is 0 Å². The second-order valence-electron chi connectivity index (χ2n) is 7.58. The monoisotopic (exact) mass is 426 g/mol. The van der Waals surface area contributed by atoms with Crippen molar-refractivity contribution in [2.75, 3.05) is 19.6 Å². The predicted octanol–water partition coefficient (Wildman–Crippen LogP) is 2.53. The Bertz CT molecular complexity index is 1030. The average molecular weight is 427 g/mol. The van der Waals surface area contributed by atoms with Crippen molar-refractivity contribution in [1.82, 2.24) is 9.88 Å². The maximum absolute atomic E-state index is 12.1. The lowest BCUT2D eigenvalue weighted by Gasteiger charge is -2.36. The zero-order valence-corrected chi connectivity index (χ0v) is 18.0. The maximum Gasteiger partial charge on any atom is 0.226 e. The van der Waals surface area contributed by atoms with Crippen LogP contribution in [0.3, 0.4) is 0 Å². The molecule has 0 N–H and O–H groups in total. The summed E-state index contributed by atoms with van der Waals surface area (Å²) < 4.78 is 53.0. The Balaban J connectivity index is 1.73. The predicted molar refractivity (Wildman–Crippen MR) is 107 cm³/mol. The number of oxazole rings is 1. The number of sulfone groups is 2. The van der Waals surface area contributed by atoms with E-state index in [0.29, 0.717) is 30.1 Å². The largest absolute Gasteiger partial charge is 0.444 e. The van der Waals surface area contributed by atoms with E-state index < -0.39 is 19.7 Å². The second kappa shape index (κ2) is 7.96. The standard InChI is InChI=1S/C19H26N2O5S2/c1-21(17-6-4-5-7-18(17)28(3,24)25)12-15-13-26-19(20-15)14-8-10-16(11-9-14)27(2,22)23/h8-11,13,17-18H,4-7,12H2,1-3H3. The van der Waals surface area contributed by atoms with Gasteiger partial charge in [-0.15, -0.1) is 0 Å². The van der Waals surface area contributed by atoms with Gasteiger partial charge in [0.25, 0.3) is 0 Å². The fraction of sp³-hybridized carbons (Fsp3) is 0.526. The zero-order valence-electron chi connectivity index (χ0n) is 16.3. The van der Waals surface area contributed by atoms with Crippen molar-refractivity contribution in [3.63, 3.8) is 0 Å². The van der Waals surface area contributed by atoms with Crippen LogP contribution in [-0.2, 0) is 26.2 Å². The molecule has 0 aliphatic heterocycles. The Morgan fingerprint density at radius 3 is 2.32 bits per heavy atom. The SMILES string of the molecule is CN(Cc1coc(-c2ccc(S(C)(=O)=O)cc2)n1)C1CCCCC1S(C)(=O)=O. The number of rotatable bonds is 6. The van der Waals surface area contributed by atoms with Crippen molar-refractivity contribution in [1.29, 1.82) is 0 Å². The van der Waals surface area contributed by atoms with Crippen molar-refractivity contribution in [3.05, 3.63) is 36.2 Å². The Labute approximate surface area is 166 Å². The van der Waals surface area contributed by atoms with E-state index in [9.17, 15) is 16.8 Å². The molecule has 28 heavy (non-hydrogen) atoms. The van der Waals surface area contributed by atoms with E-state index in [1.165, 1.54) is 18.4 Å². The van der Waals surface area contributed by atoms with Crippen molar-refractivity contribution < 1.29 is 21.3 Å². The highest BCUT2D eigenvalue weighted by Crippen LogP contribution is 2.29. The third kappa shape index (κ3) is 4.82. The minimum atomic E-state index is -3.25. The summed E-state index contributed by atoms with van der Waals surface area (Å²) >= 11 is 0. The van der Waals surface area contributed by atoms with Crippen LogP contribution in [-0.4, -0.2) is 57.6 Å². The summed E-state index contributed by atoms with van der Waals surface area (Å²) in [5.74, 6) is 0.409. The highest BCUT2D eigenvalue weighted by Gasteiger charge is 2.35. The first-order chi connectivity index (χ1) is 13.1. The van der Waals surface area contributed by atoms with Crippen molar-refractivity contribution >= 4 is 19.7 Å². The molecule has 0 bridgehead atoms. The van der Waals surface area contributed by atoms with E-state index in [-0.39, 0.29) is 16.2 Å². The van der Waals surface area contributed by atoms with Crippen LogP contribution in [0.1, 0.15) is 31.4 Å². The number of aromatic nitrogens is 1. The summed E-state index contributed by atoms with van der Waals surface area (Å²) in [5.41, 5.74) is 1.40. The number of hydrogen-bond donors (Lipinski definition) is 0. The minimum Gasteiger partial charge on any atom is -0.444 e. The van der Waals surface area contributed by atoms with Gasteiger partial charge in [-0.3, -0.25) is 4.90 Å². The quantitative estimate of drug-likeness (QED) is 0.700. The van der Waals surface area contributed by atoms with Crippen molar-refractivity contribution in [2.45, 2.75) is 48.4 Å². The zero-order chi connectivity index (χ0) is 20.5. The van der Waals surface area contributed by atoms with Crippen LogP contribution >= 0.6 is 0 Å². The fourth-order valence-electron chi connectivity index (χ4n) is 3.81. The molecule has 1 aromatic carbocycles. The molecule has 1 saturated carbocycles. The normalized spacial score (nSPS) is 21.1. The molecule has 154 valence electrons. The molecule has 9 heteroatoms. The fourth-order valence-corrected chi connectivity index (χ4v) is 5.95.